The van der Waals surface area contributed by atoms with Gasteiger partial charge in [-0.25, -0.2) is 0 Å². The zero-order valence-corrected chi connectivity index (χ0v) is 19.5. The predicted molar refractivity (Wildman–Crippen MR) is 121 cm³/mol. The van der Waals surface area contributed by atoms with E-state index in [0.717, 1.165) is 6.16 Å². The lowest BCUT2D eigenvalue weighted by Crippen LogP contribution is -3.00. The third kappa shape index (κ3) is 4.27. The standard InChI is InChI=1S/C23H19BrPS.BrH/c24-19-16-23(26-18-19)17-25(20-10-4-1-5-11-20,21-12-6-2-7-13-21)22-14-8-3-9-15-22;/h1-16,18H,17H2;1H/q+1;/p-1. The third-order valence-corrected chi connectivity index (χ3v) is 10.9. The largest absolute Gasteiger partial charge is 1.00 e. The van der Waals surface area contributed by atoms with Crippen LogP contribution in [0.3, 0.4) is 0 Å². The fourth-order valence-electron chi connectivity index (χ4n) is 3.44. The van der Waals surface area contributed by atoms with Gasteiger partial charge >= 0.3 is 0 Å². The number of rotatable bonds is 5. The summed E-state index contributed by atoms with van der Waals surface area (Å²) in [5, 5.41) is 6.48. The first kappa shape index (κ1) is 20.5. The monoisotopic (exact) mass is 516 g/mol. The average Bonchev–Trinajstić information content (AvgIpc) is 3.13. The van der Waals surface area contributed by atoms with Gasteiger partial charge in [0.05, 0.1) is 0 Å². The van der Waals surface area contributed by atoms with E-state index < -0.39 is 7.26 Å². The topological polar surface area (TPSA) is 0 Å². The van der Waals surface area contributed by atoms with E-state index in [1.165, 1.54) is 25.3 Å². The molecule has 0 aliphatic carbocycles. The highest BCUT2D eigenvalue weighted by atomic mass is 79.9. The smallest absolute Gasteiger partial charge is 0.117 e. The number of halogens is 2. The summed E-state index contributed by atoms with van der Waals surface area (Å²) in [5.41, 5.74) is 0. The van der Waals surface area contributed by atoms with Crippen LogP contribution >= 0.6 is 34.5 Å². The van der Waals surface area contributed by atoms with Crippen molar-refractivity contribution in [1.82, 2.24) is 0 Å². The molecule has 136 valence electrons. The van der Waals surface area contributed by atoms with Crippen LogP contribution < -0.4 is 32.9 Å². The van der Waals surface area contributed by atoms with Crippen molar-refractivity contribution in [3.8, 4) is 0 Å². The number of benzene rings is 3. The lowest BCUT2D eigenvalue weighted by molar-refractivity contribution is -0.00000482. The zero-order valence-electron chi connectivity index (χ0n) is 14.6. The molecule has 0 bridgehead atoms. The molecule has 27 heavy (non-hydrogen) atoms. The fourth-order valence-corrected chi connectivity index (χ4v) is 9.60. The molecule has 0 atom stereocenters. The predicted octanol–water partition coefficient (Wildman–Crippen LogP) is 3.01. The van der Waals surface area contributed by atoms with Gasteiger partial charge in [-0.3, -0.25) is 0 Å². The quantitative estimate of drug-likeness (QED) is 0.357. The Morgan fingerprint density at radius 1 is 0.667 bits per heavy atom. The third-order valence-electron chi connectivity index (χ3n) is 4.61. The van der Waals surface area contributed by atoms with Crippen LogP contribution in [0, 0.1) is 0 Å². The summed E-state index contributed by atoms with van der Waals surface area (Å²) in [6.45, 7) is 0. The summed E-state index contributed by atoms with van der Waals surface area (Å²) in [5.74, 6) is 0. The minimum Gasteiger partial charge on any atom is -1.00 e. The lowest BCUT2D eigenvalue weighted by atomic mass is 10.4. The Bertz CT molecular complexity index is 872. The fraction of sp³-hybridized carbons (Fsp3) is 0.0435. The Balaban J connectivity index is 0.00000210. The molecular weight excluding hydrogens is 499 g/mol. The molecule has 0 unspecified atom stereocenters. The maximum atomic E-state index is 3.63. The molecule has 4 heteroatoms. The van der Waals surface area contributed by atoms with Gasteiger partial charge < -0.3 is 17.0 Å². The van der Waals surface area contributed by atoms with Gasteiger partial charge in [0.15, 0.2) is 0 Å². The van der Waals surface area contributed by atoms with Gasteiger partial charge in [-0.05, 0) is 58.4 Å². The summed E-state index contributed by atoms with van der Waals surface area (Å²) >= 11 is 5.47. The zero-order chi connectivity index (χ0) is 17.8. The second-order valence-electron chi connectivity index (χ2n) is 6.21. The molecular formula is C23H19Br2PS. The SMILES string of the molecule is Brc1csc(C[P+](c2ccccc2)(c2ccccc2)c2ccccc2)c1.[Br-]. The maximum Gasteiger partial charge on any atom is 0.117 e. The van der Waals surface area contributed by atoms with Crippen molar-refractivity contribution in [3.63, 3.8) is 0 Å². The van der Waals surface area contributed by atoms with Crippen molar-refractivity contribution in [2.24, 2.45) is 0 Å². The molecule has 0 radical (unpaired) electrons. The van der Waals surface area contributed by atoms with E-state index in [1.54, 1.807) is 0 Å². The molecule has 1 heterocycles. The van der Waals surface area contributed by atoms with Crippen molar-refractivity contribution < 1.29 is 17.0 Å². The van der Waals surface area contributed by atoms with Gasteiger partial charge in [-0.15, -0.1) is 11.3 Å². The molecule has 1 aromatic heterocycles. The van der Waals surface area contributed by atoms with E-state index in [0.29, 0.717) is 0 Å². The second-order valence-corrected chi connectivity index (χ2v) is 11.6. The Labute approximate surface area is 184 Å². The van der Waals surface area contributed by atoms with Gasteiger partial charge in [0.2, 0.25) is 0 Å². The van der Waals surface area contributed by atoms with Crippen molar-refractivity contribution in [2.45, 2.75) is 6.16 Å². The summed E-state index contributed by atoms with van der Waals surface area (Å²) in [6.07, 6.45) is 1.04. The van der Waals surface area contributed by atoms with Gasteiger partial charge in [-0.2, -0.15) is 0 Å². The van der Waals surface area contributed by atoms with Crippen LogP contribution in [0.25, 0.3) is 0 Å². The summed E-state index contributed by atoms with van der Waals surface area (Å²) in [7, 11) is -1.77. The molecule has 0 amide bonds. The number of hydrogen-bond donors (Lipinski definition) is 0. The van der Waals surface area contributed by atoms with Crippen molar-refractivity contribution in [2.75, 3.05) is 0 Å². The highest BCUT2D eigenvalue weighted by molar-refractivity contribution is 9.10. The first-order chi connectivity index (χ1) is 12.8. The Morgan fingerprint density at radius 2 is 1.07 bits per heavy atom. The molecule has 0 fully saturated rings. The number of hydrogen-bond acceptors (Lipinski definition) is 1. The van der Waals surface area contributed by atoms with E-state index in [9.17, 15) is 0 Å². The number of thiophene rings is 1. The molecule has 4 aromatic rings. The van der Waals surface area contributed by atoms with Crippen LogP contribution in [-0.4, -0.2) is 0 Å². The van der Waals surface area contributed by atoms with Crippen LogP contribution in [0.2, 0.25) is 0 Å². The average molecular weight is 518 g/mol. The van der Waals surface area contributed by atoms with E-state index in [4.69, 9.17) is 0 Å². The molecule has 3 aromatic carbocycles. The Kier molecular flexibility index (Phi) is 7.05. The molecule has 0 spiro atoms. The molecule has 4 rings (SSSR count). The summed E-state index contributed by atoms with van der Waals surface area (Å²) in [4.78, 5) is 1.42. The van der Waals surface area contributed by atoms with Crippen LogP contribution in [0.15, 0.2) is 107 Å². The van der Waals surface area contributed by atoms with Gasteiger partial charge in [0.25, 0.3) is 0 Å². The second kappa shape index (κ2) is 9.30. The molecule has 0 N–H and O–H groups in total. The van der Waals surface area contributed by atoms with E-state index in [2.05, 4.69) is 118 Å². The first-order valence-electron chi connectivity index (χ1n) is 8.57. The highest BCUT2D eigenvalue weighted by Crippen LogP contribution is 2.58. The molecule has 0 saturated carbocycles. The Morgan fingerprint density at radius 3 is 1.41 bits per heavy atom. The van der Waals surface area contributed by atoms with Crippen LogP contribution in [0.1, 0.15) is 4.88 Å². The summed E-state index contributed by atoms with van der Waals surface area (Å²) < 4.78 is 1.17. The normalized spacial score (nSPS) is 11.0. The summed E-state index contributed by atoms with van der Waals surface area (Å²) in [6, 6.07) is 35.4. The Hall–Kier alpha value is -1.25. The van der Waals surface area contributed by atoms with Crippen LogP contribution in [0.5, 0.6) is 0 Å². The maximum absolute atomic E-state index is 3.63. The minimum atomic E-state index is -1.77. The van der Waals surface area contributed by atoms with Crippen LogP contribution in [0.4, 0.5) is 0 Å². The molecule has 0 aliphatic heterocycles. The van der Waals surface area contributed by atoms with E-state index in [-0.39, 0.29) is 17.0 Å². The lowest BCUT2D eigenvalue weighted by Gasteiger charge is -2.27. The highest BCUT2D eigenvalue weighted by Gasteiger charge is 2.45. The van der Waals surface area contributed by atoms with Crippen molar-refractivity contribution >= 4 is 50.4 Å². The molecule has 0 aliphatic rings. The molecule has 0 saturated heterocycles. The van der Waals surface area contributed by atoms with Gasteiger partial charge in [-0.1, -0.05) is 54.6 Å². The van der Waals surface area contributed by atoms with Crippen LogP contribution in [-0.2, 0) is 6.16 Å². The van der Waals surface area contributed by atoms with E-state index in [1.807, 2.05) is 11.3 Å². The van der Waals surface area contributed by atoms with E-state index >= 15 is 0 Å². The van der Waals surface area contributed by atoms with Crippen molar-refractivity contribution in [3.05, 3.63) is 112 Å². The van der Waals surface area contributed by atoms with Gasteiger partial charge in [0, 0.05) is 14.7 Å². The molecule has 0 nitrogen and oxygen atoms in total. The first-order valence-corrected chi connectivity index (χ1v) is 12.2. The minimum absolute atomic E-state index is 0. The van der Waals surface area contributed by atoms with Crippen molar-refractivity contribution in [1.29, 1.82) is 0 Å². The van der Waals surface area contributed by atoms with Gasteiger partial charge in [0.1, 0.15) is 29.3 Å².